The van der Waals surface area contributed by atoms with Crippen LogP contribution in [0, 0.1) is 12.8 Å². The molecule has 0 aliphatic rings. The van der Waals surface area contributed by atoms with Crippen LogP contribution in [-0.4, -0.2) is 26.0 Å². The van der Waals surface area contributed by atoms with Crippen molar-refractivity contribution in [2.24, 2.45) is 5.92 Å². The standard InChI is InChI=1S/C22H27N5OS/c1-5-6-7-16-8-10-17(11-9-16)27-25-19-12-15(4)18(13-20(19)26-27)23-22(29)24-21(28)14(2)3/h8-14H,5-7H2,1-4H3,(H2,23,24,28,29). The summed E-state index contributed by atoms with van der Waals surface area (Å²) in [5.41, 5.74) is 5.58. The van der Waals surface area contributed by atoms with E-state index in [-0.39, 0.29) is 16.9 Å². The van der Waals surface area contributed by atoms with Gasteiger partial charge >= 0.3 is 0 Å². The molecule has 0 saturated carbocycles. The van der Waals surface area contributed by atoms with Crippen LogP contribution in [0.5, 0.6) is 0 Å². The number of nitrogens with zero attached hydrogens (tertiary/aromatic N) is 3. The van der Waals surface area contributed by atoms with Crippen molar-refractivity contribution in [1.29, 1.82) is 0 Å². The molecule has 1 heterocycles. The zero-order valence-electron chi connectivity index (χ0n) is 17.3. The Balaban J connectivity index is 1.80. The van der Waals surface area contributed by atoms with Gasteiger partial charge in [0.1, 0.15) is 11.0 Å². The average Bonchev–Trinajstić information content (AvgIpc) is 3.09. The van der Waals surface area contributed by atoms with E-state index in [0.29, 0.717) is 0 Å². The Kier molecular flexibility index (Phi) is 6.59. The first-order chi connectivity index (χ1) is 13.9. The number of nitrogens with one attached hydrogen (secondary N) is 2. The number of hydrogen-bond donors (Lipinski definition) is 2. The zero-order chi connectivity index (χ0) is 21.0. The molecule has 0 atom stereocenters. The van der Waals surface area contributed by atoms with Gasteiger partial charge in [0.25, 0.3) is 0 Å². The van der Waals surface area contributed by atoms with E-state index >= 15 is 0 Å². The SMILES string of the molecule is CCCCc1ccc(-n2nc3cc(C)c(NC(=S)NC(=O)C(C)C)cc3n2)cc1. The van der Waals surface area contributed by atoms with E-state index in [4.69, 9.17) is 12.2 Å². The Morgan fingerprint density at radius 1 is 1.14 bits per heavy atom. The van der Waals surface area contributed by atoms with Crippen LogP contribution >= 0.6 is 12.2 Å². The van der Waals surface area contributed by atoms with E-state index in [1.54, 1.807) is 4.80 Å². The number of unbranched alkanes of at least 4 members (excludes halogenated alkanes) is 1. The van der Waals surface area contributed by atoms with Crippen LogP contribution < -0.4 is 10.6 Å². The highest BCUT2D eigenvalue weighted by atomic mass is 32.1. The largest absolute Gasteiger partial charge is 0.332 e. The first-order valence-electron chi connectivity index (χ1n) is 9.96. The summed E-state index contributed by atoms with van der Waals surface area (Å²) in [5, 5.41) is 15.3. The van der Waals surface area contributed by atoms with Crippen LogP contribution in [0.4, 0.5) is 5.69 Å². The molecule has 0 aliphatic carbocycles. The van der Waals surface area contributed by atoms with E-state index in [1.165, 1.54) is 18.4 Å². The number of carbonyl (C=O) groups is 1. The minimum Gasteiger partial charge on any atom is -0.332 e. The van der Waals surface area contributed by atoms with Crippen molar-refractivity contribution >= 4 is 40.0 Å². The van der Waals surface area contributed by atoms with Crippen LogP contribution in [0.1, 0.15) is 44.7 Å². The van der Waals surface area contributed by atoms with Crippen LogP contribution in [-0.2, 0) is 11.2 Å². The molecule has 2 N–H and O–H groups in total. The molecular formula is C22H27N5OS. The number of amides is 1. The number of rotatable bonds is 6. The Labute approximate surface area is 176 Å². The molecule has 29 heavy (non-hydrogen) atoms. The van der Waals surface area contributed by atoms with Gasteiger partial charge in [-0.05, 0) is 67.4 Å². The van der Waals surface area contributed by atoms with Crippen molar-refractivity contribution in [2.45, 2.75) is 47.0 Å². The second-order valence-electron chi connectivity index (χ2n) is 7.51. The van der Waals surface area contributed by atoms with Crippen LogP contribution in [0.15, 0.2) is 36.4 Å². The molecule has 0 fully saturated rings. The Bertz CT molecular complexity index is 1020. The fraction of sp³-hybridized carbons (Fsp3) is 0.364. The van der Waals surface area contributed by atoms with Gasteiger partial charge in [-0.1, -0.05) is 39.3 Å². The van der Waals surface area contributed by atoms with Gasteiger partial charge in [-0.2, -0.15) is 4.80 Å². The summed E-state index contributed by atoms with van der Waals surface area (Å²) in [7, 11) is 0. The molecule has 3 aromatic rings. The number of thiocarbonyl (C=S) groups is 1. The lowest BCUT2D eigenvalue weighted by Crippen LogP contribution is -2.36. The highest BCUT2D eigenvalue weighted by Crippen LogP contribution is 2.22. The third-order valence-corrected chi connectivity index (χ3v) is 4.93. The first-order valence-corrected chi connectivity index (χ1v) is 10.4. The summed E-state index contributed by atoms with van der Waals surface area (Å²) < 4.78 is 0. The minimum atomic E-state index is -0.133. The van der Waals surface area contributed by atoms with Crippen molar-refractivity contribution in [1.82, 2.24) is 20.3 Å². The van der Waals surface area contributed by atoms with Crippen molar-refractivity contribution in [3.05, 3.63) is 47.5 Å². The van der Waals surface area contributed by atoms with Gasteiger partial charge in [0.2, 0.25) is 5.91 Å². The number of fused-ring (bicyclic) bond motifs is 1. The van der Waals surface area contributed by atoms with Gasteiger partial charge in [-0.3, -0.25) is 4.79 Å². The molecule has 0 radical (unpaired) electrons. The number of anilines is 1. The number of aromatic nitrogens is 3. The topological polar surface area (TPSA) is 71.8 Å². The van der Waals surface area contributed by atoms with Crippen LogP contribution in [0.25, 0.3) is 16.7 Å². The summed E-state index contributed by atoms with van der Waals surface area (Å²) in [6.45, 7) is 7.81. The Hall–Kier alpha value is -2.80. The lowest BCUT2D eigenvalue weighted by Gasteiger charge is -2.12. The maximum absolute atomic E-state index is 11.8. The van der Waals surface area contributed by atoms with Gasteiger partial charge in [0, 0.05) is 11.6 Å². The van der Waals surface area contributed by atoms with Gasteiger partial charge in [0.05, 0.1) is 5.69 Å². The zero-order valence-corrected chi connectivity index (χ0v) is 18.1. The highest BCUT2D eigenvalue weighted by molar-refractivity contribution is 7.80. The second-order valence-corrected chi connectivity index (χ2v) is 7.92. The number of benzene rings is 2. The molecule has 0 saturated heterocycles. The van der Waals surface area contributed by atoms with E-state index in [0.717, 1.165) is 34.4 Å². The van der Waals surface area contributed by atoms with Crippen molar-refractivity contribution in [3.8, 4) is 5.69 Å². The predicted molar refractivity (Wildman–Crippen MR) is 121 cm³/mol. The van der Waals surface area contributed by atoms with E-state index in [1.807, 2.05) is 45.0 Å². The fourth-order valence-corrected chi connectivity index (χ4v) is 3.12. The fourth-order valence-electron chi connectivity index (χ4n) is 2.90. The van der Waals surface area contributed by atoms with Crippen molar-refractivity contribution in [2.75, 3.05) is 5.32 Å². The molecule has 0 bridgehead atoms. The molecule has 1 aromatic heterocycles. The maximum Gasteiger partial charge on any atom is 0.228 e. The summed E-state index contributed by atoms with van der Waals surface area (Å²) in [4.78, 5) is 13.5. The molecule has 6 nitrogen and oxygen atoms in total. The van der Waals surface area contributed by atoms with E-state index < -0.39 is 0 Å². The minimum absolute atomic E-state index is 0.116. The lowest BCUT2D eigenvalue weighted by atomic mass is 10.1. The quantitative estimate of drug-likeness (QED) is 0.585. The molecule has 0 unspecified atom stereocenters. The molecule has 3 rings (SSSR count). The average molecular weight is 410 g/mol. The Morgan fingerprint density at radius 3 is 2.41 bits per heavy atom. The number of aryl methyl sites for hydroxylation is 2. The first kappa shape index (κ1) is 20.9. The maximum atomic E-state index is 11.8. The highest BCUT2D eigenvalue weighted by Gasteiger charge is 2.12. The molecular weight excluding hydrogens is 382 g/mol. The van der Waals surface area contributed by atoms with E-state index in [9.17, 15) is 4.79 Å². The van der Waals surface area contributed by atoms with Gasteiger partial charge < -0.3 is 10.6 Å². The molecule has 1 amide bonds. The molecule has 0 aliphatic heterocycles. The number of hydrogen-bond acceptors (Lipinski definition) is 4. The number of carbonyl (C=O) groups excluding carboxylic acids is 1. The van der Waals surface area contributed by atoms with Gasteiger partial charge in [-0.15, -0.1) is 10.2 Å². The van der Waals surface area contributed by atoms with Gasteiger partial charge in [0.15, 0.2) is 5.11 Å². The molecule has 0 spiro atoms. The normalized spacial score (nSPS) is 11.1. The Morgan fingerprint density at radius 2 is 1.79 bits per heavy atom. The monoisotopic (exact) mass is 409 g/mol. The second kappa shape index (κ2) is 9.13. The summed E-state index contributed by atoms with van der Waals surface area (Å²) >= 11 is 5.25. The molecule has 2 aromatic carbocycles. The van der Waals surface area contributed by atoms with Crippen LogP contribution in [0.2, 0.25) is 0 Å². The van der Waals surface area contributed by atoms with Crippen molar-refractivity contribution < 1.29 is 4.79 Å². The summed E-state index contributed by atoms with van der Waals surface area (Å²) in [5.74, 6) is -0.249. The predicted octanol–water partition coefficient (Wildman–Crippen LogP) is 4.54. The van der Waals surface area contributed by atoms with Crippen molar-refractivity contribution in [3.63, 3.8) is 0 Å². The van der Waals surface area contributed by atoms with Crippen LogP contribution in [0.3, 0.4) is 0 Å². The smallest absolute Gasteiger partial charge is 0.228 e. The van der Waals surface area contributed by atoms with E-state index in [2.05, 4.69) is 39.9 Å². The summed E-state index contributed by atoms with van der Waals surface area (Å²) in [6, 6.07) is 12.2. The third kappa shape index (κ3) is 5.17. The molecule has 7 heteroatoms. The lowest BCUT2D eigenvalue weighted by molar-refractivity contribution is -0.122. The van der Waals surface area contributed by atoms with Gasteiger partial charge in [-0.25, -0.2) is 0 Å². The summed E-state index contributed by atoms with van der Waals surface area (Å²) in [6.07, 6.45) is 3.47. The molecule has 152 valence electrons. The third-order valence-electron chi connectivity index (χ3n) is 4.72.